The Balaban J connectivity index is 1.32. The monoisotopic (exact) mass is 407 g/mol. The van der Waals surface area contributed by atoms with Crippen molar-refractivity contribution in [2.24, 2.45) is 0 Å². The van der Waals surface area contributed by atoms with Gasteiger partial charge in [-0.05, 0) is 55.5 Å². The number of carbonyl (C=O) groups excluding carboxylic acids is 1. The van der Waals surface area contributed by atoms with Gasteiger partial charge in [-0.15, -0.1) is 10.2 Å². The Morgan fingerprint density at radius 3 is 2.37 bits per heavy atom. The standard InChI is InChI=1S/C22H22FN5O2/c1-16(30-18-7-5-17(23)6-8-18)22(29)28-14-12-27(13-15-28)21-10-9-20(25-26-21)19-4-2-3-11-24-19/h2-11,16H,12-15H2,1H3. The molecule has 1 atom stereocenters. The topological polar surface area (TPSA) is 71.5 Å². The molecule has 3 aromatic rings. The number of pyridine rings is 1. The SMILES string of the molecule is CC(Oc1ccc(F)cc1)C(=O)N1CCN(c2ccc(-c3ccccn3)nn2)CC1. The van der Waals surface area contributed by atoms with Gasteiger partial charge >= 0.3 is 0 Å². The van der Waals surface area contributed by atoms with Crippen LogP contribution >= 0.6 is 0 Å². The van der Waals surface area contributed by atoms with Crippen molar-refractivity contribution in [2.75, 3.05) is 31.1 Å². The van der Waals surface area contributed by atoms with Gasteiger partial charge in [0.2, 0.25) is 0 Å². The highest BCUT2D eigenvalue weighted by Crippen LogP contribution is 2.19. The lowest BCUT2D eigenvalue weighted by Gasteiger charge is -2.36. The van der Waals surface area contributed by atoms with Crippen LogP contribution in [0.1, 0.15) is 6.92 Å². The summed E-state index contributed by atoms with van der Waals surface area (Å²) in [5.74, 6) is 0.820. The molecule has 0 bridgehead atoms. The minimum Gasteiger partial charge on any atom is -0.481 e. The maximum absolute atomic E-state index is 13.0. The fraction of sp³-hybridized carbons (Fsp3) is 0.273. The van der Waals surface area contributed by atoms with E-state index in [1.165, 1.54) is 24.3 Å². The van der Waals surface area contributed by atoms with Gasteiger partial charge in [-0.2, -0.15) is 0 Å². The van der Waals surface area contributed by atoms with Crippen LogP contribution in [0.15, 0.2) is 60.8 Å². The molecular weight excluding hydrogens is 385 g/mol. The molecule has 0 saturated carbocycles. The van der Waals surface area contributed by atoms with Crippen LogP contribution in [0.3, 0.4) is 0 Å². The molecule has 1 aliphatic heterocycles. The molecule has 154 valence electrons. The van der Waals surface area contributed by atoms with Crippen LogP contribution in [0, 0.1) is 5.82 Å². The van der Waals surface area contributed by atoms with Crippen molar-refractivity contribution in [1.82, 2.24) is 20.1 Å². The van der Waals surface area contributed by atoms with Crippen LogP contribution in [0.2, 0.25) is 0 Å². The summed E-state index contributed by atoms with van der Waals surface area (Å²) in [6.07, 6.45) is 1.08. The molecule has 0 N–H and O–H groups in total. The molecule has 1 amide bonds. The minimum absolute atomic E-state index is 0.0874. The van der Waals surface area contributed by atoms with Gasteiger partial charge in [0, 0.05) is 32.4 Å². The molecule has 1 saturated heterocycles. The smallest absolute Gasteiger partial charge is 0.263 e. The third-order valence-corrected chi connectivity index (χ3v) is 4.97. The third kappa shape index (κ3) is 4.53. The van der Waals surface area contributed by atoms with Crippen LogP contribution < -0.4 is 9.64 Å². The number of rotatable bonds is 5. The molecule has 7 nitrogen and oxygen atoms in total. The van der Waals surface area contributed by atoms with E-state index in [4.69, 9.17) is 4.74 Å². The van der Waals surface area contributed by atoms with Crippen molar-refractivity contribution in [3.8, 4) is 17.1 Å². The number of nitrogens with zero attached hydrogens (tertiary/aromatic N) is 5. The summed E-state index contributed by atoms with van der Waals surface area (Å²) in [6, 6.07) is 15.1. The van der Waals surface area contributed by atoms with Crippen LogP contribution in [0.4, 0.5) is 10.2 Å². The summed E-state index contributed by atoms with van der Waals surface area (Å²) in [6.45, 7) is 4.17. The van der Waals surface area contributed by atoms with Crippen LogP contribution in [0.5, 0.6) is 5.75 Å². The largest absolute Gasteiger partial charge is 0.481 e. The summed E-state index contributed by atoms with van der Waals surface area (Å²) in [4.78, 5) is 20.8. The van der Waals surface area contributed by atoms with Crippen molar-refractivity contribution >= 4 is 11.7 Å². The number of carbonyl (C=O) groups is 1. The summed E-state index contributed by atoms with van der Waals surface area (Å²) in [7, 11) is 0. The Bertz CT molecular complexity index is 975. The molecular formula is C22H22FN5O2. The van der Waals surface area contributed by atoms with Gasteiger partial charge in [-0.3, -0.25) is 9.78 Å². The van der Waals surface area contributed by atoms with E-state index >= 15 is 0 Å². The number of amides is 1. The average molecular weight is 407 g/mol. The second-order valence-electron chi connectivity index (χ2n) is 7.02. The van der Waals surface area contributed by atoms with Gasteiger partial charge in [0.05, 0.1) is 5.69 Å². The molecule has 2 aromatic heterocycles. The van der Waals surface area contributed by atoms with Gasteiger partial charge in [-0.1, -0.05) is 6.07 Å². The fourth-order valence-electron chi connectivity index (χ4n) is 3.33. The molecule has 1 aliphatic rings. The van der Waals surface area contributed by atoms with Gasteiger partial charge in [0.25, 0.3) is 5.91 Å². The zero-order valence-electron chi connectivity index (χ0n) is 16.6. The number of hydrogen-bond acceptors (Lipinski definition) is 6. The zero-order valence-corrected chi connectivity index (χ0v) is 16.6. The Kier molecular flexibility index (Phi) is 5.83. The summed E-state index contributed by atoms with van der Waals surface area (Å²) in [5.41, 5.74) is 1.50. The summed E-state index contributed by atoms with van der Waals surface area (Å²) >= 11 is 0. The molecule has 1 fully saturated rings. The second-order valence-corrected chi connectivity index (χ2v) is 7.02. The van der Waals surface area contributed by atoms with Crippen molar-refractivity contribution in [3.05, 3.63) is 66.6 Å². The first-order valence-electron chi connectivity index (χ1n) is 9.81. The number of hydrogen-bond donors (Lipinski definition) is 0. The van der Waals surface area contributed by atoms with E-state index in [9.17, 15) is 9.18 Å². The number of halogens is 1. The quantitative estimate of drug-likeness (QED) is 0.648. The highest BCUT2D eigenvalue weighted by Gasteiger charge is 2.26. The summed E-state index contributed by atoms with van der Waals surface area (Å²) < 4.78 is 18.7. The van der Waals surface area contributed by atoms with Crippen LogP contribution in [0.25, 0.3) is 11.4 Å². The molecule has 1 unspecified atom stereocenters. The Hall–Kier alpha value is -3.55. The number of ether oxygens (including phenoxy) is 1. The average Bonchev–Trinajstić information content (AvgIpc) is 2.81. The van der Waals surface area contributed by atoms with E-state index in [1.807, 2.05) is 30.3 Å². The van der Waals surface area contributed by atoms with E-state index in [1.54, 1.807) is 18.0 Å². The van der Waals surface area contributed by atoms with Gasteiger partial charge in [0.15, 0.2) is 11.9 Å². The Labute approximate surface area is 174 Å². The van der Waals surface area contributed by atoms with Gasteiger partial charge in [-0.25, -0.2) is 4.39 Å². The third-order valence-electron chi connectivity index (χ3n) is 4.97. The predicted octanol–water partition coefficient (Wildman–Crippen LogP) is 2.79. The lowest BCUT2D eigenvalue weighted by Crippen LogP contribution is -2.52. The molecule has 4 rings (SSSR count). The first-order chi connectivity index (χ1) is 14.6. The Morgan fingerprint density at radius 1 is 0.967 bits per heavy atom. The number of anilines is 1. The van der Waals surface area contributed by atoms with Crippen molar-refractivity contribution < 1.29 is 13.9 Å². The fourth-order valence-corrected chi connectivity index (χ4v) is 3.33. The van der Waals surface area contributed by atoms with E-state index in [0.29, 0.717) is 31.9 Å². The lowest BCUT2D eigenvalue weighted by molar-refractivity contribution is -0.138. The summed E-state index contributed by atoms with van der Waals surface area (Å²) in [5, 5.41) is 8.60. The van der Waals surface area contributed by atoms with Crippen LogP contribution in [-0.4, -0.2) is 58.3 Å². The number of aromatic nitrogens is 3. The van der Waals surface area contributed by atoms with E-state index < -0.39 is 6.10 Å². The Morgan fingerprint density at radius 2 is 1.73 bits per heavy atom. The molecule has 0 radical (unpaired) electrons. The molecule has 8 heteroatoms. The van der Waals surface area contributed by atoms with Gasteiger partial charge < -0.3 is 14.5 Å². The lowest BCUT2D eigenvalue weighted by atomic mass is 10.2. The van der Waals surface area contributed by atoms with Crippen LogP contribution in [-0.2, 0) is 4.79 Å². The molecule has 0 aliphatic carbocycles. The number of piperazine rings is 1. The maximum atomic E-state index is 13.0. The first kappa shape index (κ1) is 19.8. The van der Waals surface area contributed by atoms with Crippen molar-refractivity contribution in [2.45, 2.75) is 13.0 Å². The molecule has 3 heterocycles. The highest BCUT2D eigenvalue weighted by atomic mass is 19.1. The number of benzene rings is 1. The minimum atomic E-state index is -0.639. The molecule has 30 heavy (non-hydrogen) atoms. The van der Waals surface area contributed by atoms with E-state index in [0.717, 1.165) is 17.2 Å². The highest BCUT2D eigenvalue weighted by molar-refractivity contribution is 5.81. The van der Waals surface area contributed by atoms with Crippen molar-refractivity contribution in [3.63, 3.8) is 0 Å². The first-order valence-corrected chi connectivity index (χ1v) is 9.81. The van der Waals surface area contributed by atoms with E-state index in [2.05, 4.69) is 20.1 Å². The maximum Gasteiger partial charge on any atom is 0.263 e. The zero-order chi connectivity index (χ0) is 20.9. The predicted molar refractivity (Wildman–Crippen MR) is 111 cm³/mol. The van der Waals surface area contributed by atoms with Crippen molar-refractivity contribution in [1.29, 1.82) is 0 Å². The molecule has 0 spiro atoms. The van der Waals surface area contributed by atoms with E-state index in [-0.39, 0.29) is 11.7 Å². The second kappa shape index (κ2) is 8.86. The van der Waals surface area contributed by atoms with Gasteiger partial charge in [0.1, 0.15) is 17.3 Å². The normalized spacial score (nSPS) is 15.0. The molecule has 1 aromatic carbocycles.